The number of likely N-dealkylation sites (N-methyl/N-ethyl adjacent to an activating group) is 1. The van der Waals surface area contributed by atoms with Gasteiger partial charge in [0.2, 0.25) is 21.8 Å². The van der Waals surface area contributed by atoms with Crippen molar-refractivity contribution < 1.29 is 22.7 Å². The third-order valence-corrected chi connectivity index (χ3v) is 6.41. The number of hydrogen-bond acceptors (Lipinski definition) is 5. The Morgan fingerprint density at radius 3 is 2.22 bits per heavy atom. The second-order valence-electron chi connectivity index (χ2n) is 7.45. The second kappa shape index (κ2) is 11.0. The van der Waals surface area contributed by atoms with Crippen molar-refractivity contribution in [2.24, 2.45) is 0 Å². The zero-order valence-corrected chi connectivity index (χ0v) is 20.0. The Bertz CT molecular complexity index is 1040. The summed E-state index contributed by atoms with van der Waals surface area (Å²) in [5.74, 6) is -0.199. The smallest absolute Gasteiger partial charge is 0.244 e. The molecule has 0 fully saturated rings. The lowest BCUT2D eigenvalue weighted by molar-refractivity contribution is -0.140. The molecule has 8 nitrogen and oxygen atoms in total. The Labute approximate surface area is 190 Å². The summed E-state index contributed by atoms with van der Waals surface area (Å²) >= 11 is 0. The van der Waals surface area contributed by atoms with Gasteiger partial charge in [-0.1, -0.05) is 31.2 Å². The van der Waals surface area contributed by atoms with Crippen LogP contribution in [0, 0.1) is 6.92 Å². The van der Waals surface area contributed by atoms with Crippen molar-refractivity contribution in [3.8, 4) is 5.75 Å². The highest BCUT2D eigenvalue weighted by atomic mass is 32.2. The molecule has 0 saturated carbocycles. The first-order chi connectivity index (χ1) is 15.1. The molecule has 9 heteroatoms. The summed E-state index contributed by atoms with van der Waals surface area (Å²) in [6.07, 6.45) is 1.44. The Kier molecular flexibility index (Phi) is 8.65. The van der Waals surface area contributed by atoms with Gasteiger partial charge in [-0.15, -0.1) is 0 Å². The van der Waals surface area contributed by atoms with E-state index >= 15 is 0 Å². The SMILES string of the molecule is CC[C@@H](C(=O)NC)N(Cc1ccccc1C)C(=O)CN(c1ccc(OC)cc1)S(C)(=O)=O. The van der Waals surface area contributed by atoms with Gasteiger partial charge in [-0.3, -0.25) is 13.9 Å². The minimum absolute atomic E-state index is 0.192. The van der Waals surface area contributed by atoms with E-state index in [0.29, 0.717) is 17.9 Å². The first-order valence-corrected chi connectivity index (χ1v) is 12.1. The quantitative estimate of drug-likeness (QED) is 0.586. The van der Waals surface area contributed by atoms with Gasteiger partial charge in [-0.05, 0) is 48.7 Å². The molecule has 0 spiro atoms. The maximum absolute atomic E-state index is 13.4. The van der Waals surface area contributed by atoms with E-state index in [0.717, 1.165) is 21.7 Å². The Morgan fingerprint density at radius 1 is 1.09 bits per heavy atom. The number of nitrogens with zero attached hydrogens (tertiary/aromatic N) is 2. The third-order valence-electron chi connectivity index (χ3n) is 5.27. The number of carbonyl (C=O) groups is 2. The van der Waals surface area contributed by atoms with Gasteiger partial charge in [0.15, 0.2) is 0 Å². The normalized spacial score (nSPS) is 12.0. The molecule has 0 radical (unpaired) electrons. The highest BCUT2D eigenvalue weighted by Crippen LogP contribution is 2.23. The summed E-state index contributed by atoms with van der Waals surface area (Å²) in [5.41, 5.74) is 2.20. The molecule has 0 aromatic heterocycles. The van der Waals surface area contributed by atoms with E-state index in [2.05, 4.69) is 5.32 Å². The number of ether oxygens (including phenoxy) is 1. The lowest BCUT2D eigenvalue weighted by atomic mass is 10.1. The van der Waals surface area contributed by atoms with Crippen molar-refractivity contribution in [3.05, 3.63) is 59.7 Å². The number of rotatable bonds is 10. The van der Waals surface area contributed by atoms with Crippen molar-refractivity contribution in [2.75, 3.05) is 31.3 Å². The zero-order valence-electron chi connectivity index (χ0n) is 19.2. The summed E-state index contributed by atoms with van der Waals surface area (Å²) in [6.45, 7) is 3.51. The minimum atomic E-state index is -3.76. The Balaban J connectivity index is 2.42. The molecule has 2 aromatic rings. The van der Waals surface area contributed by atoms with Crippen molar-refractivity contribution in [3.63, 3.8) is 0 Å². The van der Waals surface area contributed by atoms with Gasteiger partial charge in [-0.2, -0.15) is 0 Å². The summed E-state index contributed by atoms with van der Waals surface area (Å²) in [7, 11) is -0.732. The largest absolute Gasteiger partial charge is 0.497 e. The number of benzene rings is 2. The summed E-state index contributed by atoms with van der Waals surface area (Å²) in [5, 5.41) is 2.60. The standard InChI is InChI=1S/C23H31N3O5S/c1-6-21(23(28)24-3)25(15-18-10-8-7-9-17(18)2)22(27)16-26(32(5,29)30)19-11-13-20(31-4)14-12-19/h7-14,21H,6,15-16H2,1-5H3,(H,24,28)/t21-/m0/s1. The van der Waals surface area contributed by atoms with Gasteiger partial charge in [-0.25, -0.2) is 8.42 Å². The van der Waals surface area contributed by atoms with Gasteiger partial charge < -0.3 is 15.0 Å². The van der Waals surface area contributed by atoms with E-state index in [-0.39, 0.29) is 12.5 Å². The van der Waals surface area contributed by atoms with E-state index in [4.69, 9.17) is 4.74 Å². The molecule has 2 rings (SSSR count). The van der Waals surface area contributed by atoms with Crippen molar-refractivity contribution in [1.29, 1.82) is 0 Å². The van der Waals surface area contributed by atoms with Crippen LogP contribution in [0.1, 0.15) is 24.5 Å². The molecule has 1 N–H and O–H groups in total. The van der Waals surface area contributed by atoms with E-state index in [1.165, 1.54) is 19.1 Å². The van der Waals surface area contributed by atoms with Gasteiger partial charge in [0.05, 0.1) is 19.1 Å². The lowest BCUT2D eigenvalue weighted by Gasteiger charge is -2.33. The molecular formula is C23H31N3O5S. The molecule has 0 bridgehead atoms. The Morgan fingerprint density at radius 2 is 1.72 bits per heavy atom. The summed E-state index contributed by atoms with van der Waals surface area (Å²) < 4.78 is 31.2. The molecule has 0 saturated heterocycles. The lowest BCUT2D eigenvalue weighted by Crippen LogP contribution is -2.51. The third kappa shape index (κ3) is 6.23. The first-order valence-electron chi connectivity index (χ1n) is 10.3. The molecule has 0 aliphatic heterocycles. The van der Waals surface area contributed by atoms with E-state index in [1.807, 2.05) is 38.1 Å². The zero-order chi connectivity index (χ0) is 23.9. The molecule has 2 amide bonds. The number of carbonyl (C=O) groups excluding carboxylic acids is 2. The van der Waals surface area contributed by atoms with E-state index in [9.17, 15) is 18.0 Å². The molecule has 32 heavy (non-hydrogen) atoms. The number of nitrogens with one attached hydrogen (secondary N) is 1. The number of aryl methyl sites for hydroxylation is 1. The predicted molar refractivity (Wildman–Crippen MR) is 125 cm³/mol. The monoisotopic (exact) mass is 461 g/mol. The van der Waals surface area contributed by atoms with Crippen molar-refractivity contribution >= 4 is 27.5 Å². The number of methoxy groups -OCH3 is 1. The van der Waals surface area contributed by atoms with Crippen LogP contribution < -0.4 is 14.4 Å². The number of amides is 2. The number of anilines is 1. The average Bonchev–Trinajstić information content (AvgIpc) is 2.77. The van der Waals surface area contributed by atoms with Gasteiger partial charge in [0.25, 0.3) is 0 Å². The predicted octanol–water partition coefficient (Wildman–Crippen LogP) is 2.32. The van der Waals surface area contributed by atoms with Crippen molar-refractivity contribution in [2.45, 2.75) is 32.9 Å². The van der Waals surface area contributed by atoms with Crippen molar-refractivity contribution in [1.82, 2.24) is 10.2 Å². The fourth-order valence-corrected chi connectivity index (χ4v) is 4.27. The molecule has 1 atom stereocenters. The highest BCUT2D eigenvalue weighted by molar-refractivity contribution is 7.92. The first kappa shape index (κ1) is 25.2. The summed E-state index contributed by atoms with van der Waals surface area (Å²) in [4.78, 5) is 27.4. The van der Waals surface area contributed by atoms with E-state index < -0.39 is 28.5 Å². The van der Waals surface area contributed by atoms with Crippen LogP contribution in [-0.4, -0.2) is 58.1 Å². The second-order valence-corrected chi connectivity index (χ2v) is 9.36. The molecule has 0 aliphatic carbocycles. The highest BCUT2D eigenvalue weighted by Gasteiger charge is 2.31. The van der Waals surface area contributed by atoms with Gasteiger partial charge >= 0.3 is 0 Å². The number of sulfonamides is 1. The van der Waals surface area contributed by atoms with Crippen LogP contribution in [0.25, 0.3) is 0 Å². The van der Waals surface area contributed by atoms with Gasteiger partial charge in [0, 0.05) is 13.6 Å². The van der Waals surface area contributed by atoms with Crippen LogP contribution in [0.15, 0.2) is 48.5 Å². The Hall–Kier alpha value is -3.07. The maximum Gasteiger partial charge on any atom is 0.244 e. The van der Waals surface area contributed by atoms with Crippen LogP contribution in [0.2, 0.25) is 0 Å². The minimum Gasteiger partial charge on any atom is -0.497 e. The number of hydrogen-bond donors (Lipinski definition) is 1. The van der Waals surface area contributed by atoms with Crippen LogP contribution in [0.3, 0.4) is 0 Å². The molecule has 0 heterocycles. The maximum atomic E-state index is 13.4. The fourth-order valence-electron chi connectivity index (χ4n) is 3.42. The average molecular weight is 462 g/mol. The molecule has 174 valence electrons. The molecule has 2 aromatic carbocycles. The summed E-state index contributed by atoms with van der Waals surface area (Å²) in [6, 6.07) is 13.3. The topological polar surface area (TPSA) is 96.0 Å². The van der Waals surface area contributed by atoms with Crippen LogP contribution in [-0.2, 0) is 26.2 Å². The molecule has 0 unspecified atom stereocenters. The van der Waals surface area contributed by atoms with Crippen LogP contribution in [0.4, 0.5) is 5.69 Å². The van der Waals surface area contributed by atoms with Crippen LogP contribution >= 0.6 is 0 Å². The van der Waals surface area contributed by atoms with Crippen LogP contribution in [0.5, 0.6) is 5.75 Å². The molecule has 0 aliphatic rings. The molecular weight excluding hydrogens is 430 g/mol. The van der Waals surface area contributed by atoms with Gasteiger partial charge in [0.1, 0.15) is 18.3 Å². The fraction of sp³-hybridized carbons (Fsp3) is 0.391. The van der Waals surface area contributed by atoms with E-state index in [1.54, 1.807) is 24.3 Å².